The van der Waals surface area contributed by atoms with Gasteiger partial charge < -0.3 is 10.0 Å². The molecule has 94 valence electrons. The molecule has 0 saturated heterocycles. The van der Waals surface area contributed by atoms with Gasteiger partial charge in [-0.3, -0.25) is 4.79 Å². The molecule has 0 unspecified atom stereocenters. The number of hydrogen-bond donors (Lipinski definition) is 1. The topological polar surface area (TPSA) is 40.5 Å². The number of nitrogens with zero attached hydrogens (tertiary/aromatic N) is 1. The van der Waals surface area contributed by atoms with E-state index in [1.54, 1.807) is 24.9 Å². The van der Waals surface area contributed by atoms with Crippen LogP contribution >= 0.6 is 11.6 Å². The zero-order chi connectivity index (χ0) is 13.0. The summed E-state index contributed by atoms with van der Waals surface area (Å²) in [6.07, 6.45) is 0.0294. The highest BCUT2D eigenvalue weighted by atomic mass is 35.5. The first-order valence-corrected chi connectivity index (χ1v) is 5.63. The second-order valence-electron chi connectivity index (χ2n) is 4.09. The van der Waals surface area contributed by atoms with Crippen LogP contribution in [0.25, 0.3) is 0 Å². The van der Waals surface area contributed by atoms with E-state index in [1.807, 2.05) is 0 Å². The number of carboxylic acid groups (broad SMARTS) is 1. The second-order valence-corrected chi connectivity index (χ2v) is 4.50. The standard InChI is InChI=1S/C12H15ClFNO2/c1-8-5-10(13)9(11(14)6-8)7-15(2)4-3-12(16)17/h5-6H,3-4,7H2,1-2H3,(H,16,17). The fourth-order valence-corrected chi connectivity index (χ4v) is 1.84. The van der Waals surface area contributed by atoms with E-state index in [9.17, 15) is 9.18 Å². The van der Waals surface area contributed by atoms with E-state index < -0.39 is 5.97 Å². The van der Waals surface area contributed by atoms with Gasteiger partial charge >= 0.3 is 5.97 Å². The molecule has 0 atom stereocenters. The molecule has 1 N–H and O–H groups in total. The Kier molecular flexibility index (Phi) is 4.90. The third-order valence-electron chi connectivity index (χ3n) is 2.42. The average Bonchev–Trinajstić information content (AvgIpc) is 2.20. The van der Waals surface area contributed by atoms with E-state index in [1.165, 1.54) is 6.07 Å². The summed E-state index contributed by atoms with van der Waals surface area (Å²) in [5, 5.41) is 8.93. The molecule has 1 rings (SSSR count). The number of hydrogen-bond acceptors (Lipinski definition) is 2. The molecule has 0 aliphatic rings. The van der Waals surface area contributed by atoms with Crippen LogP contribution in [0.15, 0.2) is 12.1 Å². The minimum Gasteiger partial charge on any atom is -0.481 e. The van der Waals surface area contributed by atoms with Gasteiger partial charge in [0.25, 0.3) is 0 Å². The van der Waals surface area contributed by atoms with Crippen molar-refractivity contribution in [3.05, 3.63) is 34.1 Å². The Hall–Kier alpha value is -1.13. The largest absolute Gasteiger partial charge is 0.481 e. The average molecular weight is 260 g/mol. The van der Waals surface area contributed by atoms with Crippen LogP contribution < -0.4 is 0 Å². The predicted octanol–water partition coefficient (Wildman–Crippen LogP) is 2.69. The van der Waals surface area contributed by atoms with Crippen LogP contribution in [0.2, 0.25) is 5.02 Å². The van der Waals surface area contributed by atoms with Crippen LogP contribution in [0.1, 0.15) is 17.5 Å². The summed E-state index contributed by atoms with van der Waals surface area (Å²) in [4.78, 5) is 12.1. The Morgan fingerprint density at radius 2 is 2.18 bits per heavy atom. The molecular formula is C12H15ClFNO2. The molecule has 0 amide bonds. The Balaban J connectivity index is 2.71. The highest BCUT2D eigenvalue weighted by Gasteiger charge is 2.11. The monoisotopic (exact) mass is 259 g/mol. The van der Waals surface area contributed by atoms with Crippen molar-refractivity contribution in [2.45, 2.75) is 19.9 Å². The first-order chi connectivity index (χ1) is 7.90. The lowest BCUT2D eigenvalue weighted by molar-refractivity contribution is -0.137. The molecule has 0 radical (unpaired) electrons. The fourth-order valence-electron chi connectivity index (χ4n) is 1.52. The summed E-state index contributed by atoms with van der Waals surface area (Å²) in [6, 6.07) is 3.12. The number of halogens is 2. The van der Waals surface area contributed by atoms with Crippen LogP contribution in [0.3, 0.4) is 0 Å². The minimum atomic E-state index is -0.868. The van der Waals surface area contributed by atoms with Crippen molar-refractivity contribution in [2.24, 2.45) is 0 Å². The maximum atomic E-state index is 13.6. The lowest BCUT2D eigenvalue weighted by atomic mass is 10.1. The van der Waals surface area contributed by atoms with Gasteiger partial charge in [0.15, 0.2) is 0 Å². The van der Waals surface area contributed by atoms with Gasteiger partial charge in [-0.1, -0.05) is 11.6 Å². The Labute approximate surface area is 105 Å². The molecule has 1 aromatic carbocycles. The van der Waals surface area contributed by atoms with E-state index in [2.05, 4.69) is 0 Å². The van der Waals surface area contributed by atoms with Crippen molar-refractivity contribution < 1.29 is 14.3 Å². The normalized spacial score (nSPS) is 10.9. The fraction of sp³-hybridized carbons (Fsp3) is 0.417. The molecule has 3 nitrogen and oxygen atoms in total. The molecule has 5 heteroatoms. The molecule has 0 aliphatic carbocycles. The van der Waals surface area contributed by atoms with Crippen molar-refractivity contribution in [1.82, 2.24) is 4.90 Å². The van der Waals surface area contributed by atoms with Gasteiger partial charge in [0.2, 0.25) is 0 Å². The number of carbonyl (C=O) groups is 1. The summed E-state index contributed by atoms with van der Waals surface area (Å²) < 4.78 is 13.6. The van der Waals surface area contributed by atoms with Crippen molar-refractivity contribution in [1.29, 1.82) is 0 Å². The lowest BCUT2D eigenvalue weighted by Crippen LogP contribution is -2.22. The third kappa shape index (κ3) is 4.32. The van der Waals surface area contributed by atoms with E-state index in [0.29, 0.717) is 23.7 Å². The molecule has 0 spiro atoms. The zero-order valence-corrected chi connectivity index (χ0v) is 10.6. The van der Waals surface area contributed by atoms with Crippen LogP contribution in [-0.4, -0.2) is 29.6 Å². The SMILES string of the molecule is Cc1cc(F)c(CN(C)CCC(=O)O)c(Cl)c1. The number of carboxylic acids is 1. The van der Waals surface area contributed by atoms with Gasteiger partial charge in [-0.15, -0.1) is 0 Å². The predicted molar refractivity (Wildman–Crippen MR) is 64.7 cm³/mol. The smallest absolute Gasteiger partial charge is 0.304 e. The van der Waals surface area contributed by atoms with Crippen LogP contribution in [0.5, 0.6) is 0 Å². The summed E-state index contributed by atoms with van der Waals surface area (Å²) in [5.74, 6) is -1.22. The zero-order valence-electron chi connectivity index (χ0n) is 9.83. The molecule has 0 saturated carbocycles. The van der Waals surface area contributed by atoms with E-state index in [-0.39, 0.29) is 12.2 Å². The molecule has 0 fully saturated rings. The van der Waals surface area contributed by atoms with E-state index in [4.69, 9.17) is 16.7 Å². The number of rotatable bonds is 5. The number of aliphatic carboxylic acids is 1. The molecule has 1 aromatic rings. The van der Waals surface area contributed by atoms with Crippen LogP contribution in [0.4, 0.5) is 4.39 Å². The maximum Gasteiger partial charge on any atom is 0.304 e. The summed E-state index contributed by atoms with van der Waals surface area (Å²) in [6.45, 7) is 2.43. The third-order valence-corrected chi connectivity index (χ3v) is 2.76. The molecule has 0 aliphatic heterocycles. The van der Waals surface area contributed by atoms with Gasteiger partial charge in [0.1, 0.15) is 5.82 Å². The lowest BCUT2D eigenvalue weighted by Gasteiger charge is -2.17. The highest BCUT2D eigenvalue weighted by molar-refractivity contribution is 6.31. The van der Waals surface area contributed by atoms with E-state index in [0.717, 1.165) is 5.56 Å². The summed E-state index contributed by atoms with van der Waals surface area (Å²) in [5.41, 5.74) is 1.18. The quantitative estimate of drug-likeness (QED) is 0.884. The first-order valence-electron chi connectivity index (χ1n) is 5.25. The molecule has 0 bridgehead atoms. The molecule has 17 heavy (non-hydrogen) atoms. The molecule has 0 heterocycles. The summed E-state index contributed by atoms with van der Waals surface area (Å²) >= 11 is 5.96. The number of benzene rings is 1. The Morgan fingerprint density at radius 3 is 2.71 bits per heavy atom. The van der Waals surface area contributed by atoms with Gasteiger partial charge in [-0.25, -0.2) is 4.39 Å². The van der Waals surface area contributed by atoms with Crippen molar-refractivity contribution in [3.63, 3.8) is 0 Å². The van der Waals surface area contributed by atoms with Gasteiger partial charge in [-0.05, 0) is 31.7 Å². The van der Waals surface area contributed by atoms with Gasteiger partial charge in [0, 0.05) is 23.7 Å². The van der Waals surface area contributed by atoms with Crippen molar-refractivity contribution in [2.75, 3.05) is 13.6 Å². The van der Waals surface area contributed by atoms with Crippen LogP contribution in [-0.2, 0) is 11.3 Å². The van der Waals surface area contributed by atoms with Crippen molar-refractivity contribution in [3.8, 4) is 0 Å². The van der Waals surface area contributed by atoms with Gasteiger partial charge in [0.05, 0.1) is 6.42 Å². The number of aryl methyl sites for hydroxylation is 1. The highest BCUT2D eigenvalue weighted by Crippen LogP contribution is 2.22. The van der Waals surface area contributed by atoms with Crippen molar-refractivity contribution >= 4 is 17.6 Å². The second kappa shape index (κ2) is 5.98. The van der Waals surface area contributed by atoms with Crippen LogP contribution in [0, 0.1) is 12.7 Å². The Bertz CT molecular complexity index is 400. The maximum absolute atomic E-state index is 13.6. The Morgan fingerprint density at radius 1 is 1.53 bits per heavy atom. The first kappa shape index (κ1) is 13.9. The van der Waals surface area contributed by atoms with E-state index >= 15 is 0 Å². The summed E-state index contributed by atoms with van der Waals surface area (Å²) in [7, 11) is 1.73. The minimum absolute atomic E-state index is 0.0294. The molecule has 0 aromatic heterocycles. The molecular weight excluding hydrogens is 245 g/mol. The van der Waals surface area contributed by atoms with Gasteiger partial charge in [-0.2, -0.15) is 0 Å².